The first-order valence-electron chi connectivity index (χ1n) is 11.2. The molecule has 2 fully saturated rings. The quantitative estimate of drug-likeness (QED) is 0.514. The molecule has 0 unspecified atom stereocenters. The molecule has 9 heteroatoms. The number of hydrogen-bond acceptors (Lipinski definition) is 9. The molecule has 0 amide bonds. The number of rotatable bonds is 7. The topological polar surface area (TPSA) is 99.0 Å². The van der Waals surface area contributed by atoms with Gasteiger partial charge in [0.1, 0.15) is 0 Å². The van der Waals surface area contributed by atoms with Crippen molar-refractivity contribution in [1.29, 1.82) is 0 Å². The molecule has 0 saturated carbocycles. The Labute approximate surface area is 183 Å². The van der Waals surface area contributed by atoms with Crippen molar-refractivity contribution in [3.8, 4) is 11.5 Å². The lowest BCUT2D eigenvalue weighted by molar-refractivity contribution is 0.318. The fourth-order valence-electron chi connectivity index (χ4n) is 3.95. The van der Waals surface area contributed by atoms with Gasteiger partial charge < -0.3 is 19.6 Å². The van der Waals surface area contributed by atoms with Crippen LogP contribution in [-0.2, 0) is 0 Å². The van der Waals surface area contributed by atoms with Crippen LogP contribution in [0.5, 0.6) is 11.5 Å². The average Bonchev–Trinajstić information content (AvgIpc) is 2.82. The molecule has 9 nitrogen and oxygen atoms in total. The van der Waals surface area contributed by atoms with Gasteiger partial charge in [0.15, 0.2) is 11.5 Å². The van der Waals surface area contributed by atoms with Gasteiger partial charge in [0.25, 0.3) is 0 Å². The Morgan fingerprint density at radius 1 is 0.968 bits per heavy atom. The number of piperidine rings is 2. The normalized spacial score (nSPS) is 17.2. The molecule has 0 aliphatic carbocycles. The van der Waals surface area contributed by atoms with Crippen LogP contribution in [0.25, 0.3) is 0 Å². The van der Waals surface area contributed by atoms with E-state index in [2.05, 4.69) is 30.3 Å². The predicted octanol–water partition coefficient (Wildman–Crippen LogP) is 3.40. The molecule has 2 aromatic rings. The van der Waals surface area contributed by atoms with E-state index in [0.717, 1.165) is 51.9 Å². The van der Waals surface area contributed by atoms with Crippen LogP contribution in [0.1, 0.15) is 51.0 Å². The second-order valence-electron chi connectivity index (χ2n) is 7.85. The summed E-state index contributed by atoms with van der Waals surface area (Å²) >= 11 is 0. The van der Waals surface area contributed by atoms with Crippen molar-refractivity contribution in [3.05, 3.63) is 23.8 Å². The molecule has 1 aromatic carbocycles. The van der Waals surface area contributed by atoms with Crippen LogP contribution >= 0.6 is 0 Å². The Balaban J connectivity index is 1.55. The average molecular weight is 426 g/mol. The molecular weight excluding hydrogens is 394 g/mol. The molecule has 2 saturated heterocycles. The zero-order chi connectivity index (χ0) is 21.5. The number of anilines is 3. The summed E-state index contributed by atoms with van der Waals surface area (Å²) in [4.78, 5) is 18.5. The number of nitrogens with zero attached hydrogens (tertiary/aromatic N) is 6. The minimum atomic E-state index is 0.0635. The molecule has 2 aliphatic rings. The molecule has 2 aliphatic heterocycles. The minimum absolute atomic E-state index is 0.0635. The lowest BCUT2D eigenvalue weighted by Crippen LogP contribution is -2.34. The van der Waals surface area contributed by atoms with Crippen molar-refractivity contribution in [2.45, 2.75) is 45.4 Å². The van der Waals surface area contributed by atoms with E-state index in [1.54, 1.807) is 18.3 Å². The number of phenols is 1. The molecule has 2 N–H and O–H groups in total. The lowest BCUT2D eigenvalue weighted by Gasteiger charge is -2.30. The standard InChI is InChI=1S/C22H31N7O2/c1-2-31-18-11-9-10-17(19(18)30)16-23-27-20-24-21(28-12-5-3-6-13-28)26-22(25-20)29-14-7-4-8-15-29/h9-11,16,30H,2-8,12-15H2,1H3,(H,24,25,26,27)/b23-16-. The minimum Gasteiger partial charge on any atom is -0.504 e. The second-order valence-corrected chi connectivity index (χ2v) is 7.85. The SMILES string of the molecule is CCOc1cccc(/C=N\Nc2nc(N3CCCCC3)nc(N3CCCCC3)n2)c1O. The van der Waals surface area contributed by atoms with E-state index >= 15 is 0 Å². The Morgan fingerprint density at radius 3 is 2.16 bits per heavy atom. The summed E-state index contributed by atoms with van der Waals surface area (Å²) in [5.74, 6) is 2.32. The molecule has 3 heterocycles. The number of nitrogens with one attached hydrogen (secondary N) is 1. The first kappa shape index (κ1) is 21.1. The van der Waals surface area contributed by atoms with E-state index in [4.69, 9.17) is 9.72 Å². The maximum atomic E-state index is 10.3. The van der Waals surface area contributed by atoms with Gasteiger partial charge in [-0.25, -0.2) is 5.43 Å². The van der Waals surface area contributed by atoms with Crippen molar-refractivity contribution in [2.75, 3.05) is 48.0 Å². The number of hydrazone groups is 1. The molecule has 0 radical (unpaired) electrons. The Hall–Kier alpha value is -3.10. The van der Waals surface area contributed by atoms with Gasteiger partial charge in [-0.2, -0.15) is 20.1 Å². The van der Waals surface area contributed by atoms with Gasteiger partial charge in [-0.05, 0) is 57.6 Å². The molecule has 0 spiro atoms. The number of aromatic nitrogens is 3. The van der Waals surface area contributed by atoms with Crippen LogP contribution in [0, 0.1) is 0 Å². The van der Waals surface area contributed by atoms with E-state index in [1.165, 1.54) is 12.8 Å². The van der Waals surface area contributed by atoms with E-state index < -0.39 is 0 Å². The van der Waals surface area contributed by atoms with Crippen molar-refractivity contribution < 1.29 is 9.84 Å². The third kappa shape index (κ3) is 5.34. The largest absolute Gasteiger partial charge is 0.504 e. The highest BCUT2D eigenvalue weighted by molar-refractivity contribution is 5.85. The van der Waals surface area contributed by atoms with Gasteiger partial charge in [0.2, 0.25) is 17.8 Å². The van der Waals surface area contributed by atoms with Gasteiger partial charge >= 0.3 is 0 Å². The molecule has 31 heavy (non-hydrogen) atoms. The Bertz CT molecular complexity index is 857. The highest BCUT2D eigenvalue weighted by atomic mass is 16.5. The van der Waals surface area contributed by atoms with Crippen LogP contribution in [0.15, 0.2) is 23.3 Å². The van der Waals surface area contributed by atoms with Crippen LogP contribution in [0.4, 0.5) is 17.8 Å². The second kappa shape index (κ2) is 10.3. The molecule has 0 bridgehead atoms. The van der Waals surface area contributed by atoms with E-state index in [-0.39, 0.29) is 5.75 Å². The third-order valence-electron chi connectivity index (χ3n) is 5.59. The van der Waals surface area contributed by atoms with Gasteiger partial charge in [0, 0.05) is 31.7 Å². The predicted molar refractivity (Wildman–Crippen MR) is 122 cm³/mol. The third-order valence-corrected chi connectivity index (χ3v) is 5.59. The summed E-state index contributed by atoms with van der Waals surface area (Å²) in [6, 6.07) is 5.32. The summed E-state index contributed by atoms with van der Waals surface area (Å²) in [6.07, 6.45) is 8.66. The molecule has 4 rings (SSSR count). The number of benzene rings is 1. The summed E-state index contributed by atoms with van der Waals surface area (Å²) in [7, 11) is 0. The number of para-hydroxylation sites is 1. The van der Waals surface area contributed by atoms with Crippen LogP contribution in [0.3, 0.4) is 0 Å². The Morgan fingerprint density at radius 2 is 1.58 bits per heavy atom. The van der Waals surface area contributed by atoms with Crippen molar-refractivity contribution in [2.24, 2.45) is 5.10 Å². The first-order chi connectivity index (χ1) is 15.2. The maximum Gasteiger partial charge on any atom is 0.250 e. The first-order valence-corrected chi connectivity index (χ1v) is 11.2. The van der Waals surface area contributed by atoms with Crippen LogP contribution in [0.2, 0.25) is 0 Å². The van der Waals surface area contributed by atoms with Gasteiger partial charge in [-0.1, -0.05) is 6.07 Å². The summed E-state index contributed by atoms with van der Waals surface area (Å²) < 4.78 is 5.43. The molecular formula is C22H31N7O2. The fourth-order valence-corrected chi connectivity index (χ4v) is 3.95. The van der Waals surface area contributed by atoms with Gasteiger partial charge in [-0.15, -0.1) is 0 Å². The zero-order valence-electron chi connectivity index (χ0n) is 18.1. The molecule has 166 valence electrons. The number of ether oxygens (including phenoxy) is 1. The number of hydrogen-bond donors (Lipinski definition) is 2. The van der Waals surface area contributed by atoms with Gasteiger partial charge in [0.05, 0.1) is 12.8 Å². The maximum absolute atomic E-state index is 10.3. The summed E-state index contributed by atoms with van der Waals surface area (Å²) in [5.41, 5.74) is 3.49. The van der Waals surface area contributed by atoms with Crippen molar-refractivity contribution in [3.63, 3.8) is 0 Å². The monoisotopic (exact) mass is 425 g/mol. The van der Waals surface area contributed by atoms with Crippen molar-refractivity contribution in [1.82, 2.24) is 15.0 Å². The number of aromatic hydroxyl groups is 1. The number of phenolic OH excluding ortho intramolecular Hbond substituents is 1. The van der Waals surface area contributed by atoms with E-state index in [9.17, 15) is 5.11 Å². The van der Waals surface area contributed by atoms with Crippen LogP contribution < -0.4 is 20.0 Å². The molecule has 0 atom stereocenters. The van der Waals surface area contributed by atoms with E-state index in [1.807, 2.05) is 13.0 Å². The van der Waals surface area contributed by atoms with E-state index in [0.29, 0.717) is 35.8 Å². The zero-order valence-corrected chi connectivity index (χ0v) is 18.1. The van der Waals surface area contributed by atoms with Gasteiger partial charge in [-0.3, -0.25) is 0 Å². The fraction of sp³-hybridized carbons (Fsp3) is 0.545. The summed E-state index contributed by atoms with van der Waals surface area (Å²) in [5, 5.41) is 14.6. The highest BCUT2D eigenvalue weighted by Gasteiger charge is 2.20. The lowest BCUT2D eigenvalue weighted by atomic mass is 10.1. The molecule has 1 aromatic heterocycles. The highest BCUT2D eigenvalue weighted by Crippen LogP contribution is 2.28. The Kier molecular flexibility index (Phi) is 7.01. The summed E-state index contributed by atoms with van der Waals surface area (Å²) in [6.45, 7) is 6.21. The smallest absolute Gasteiger partial charge is 0.250 e. The van der Waals surface area contributed by atoms with Crippen molar-refractivity contribution >= 4 is 24.1 Å². The van der Waals surface area contributed by atoms with Crippen LogP contribution in [-0.4, -0.2) is 59.1 Å².